The summed E-state index contributed by atoms with van der Waals surface area (Å²) < 4.78 is 40.8. The van der Waals surface area contributed by atoms with Gasteiger partial charge in [-0.05, 0) is 31.2 Å². The SMILES string of the molecule is Cn1c(=O)n(C2CCNC2)c(=O)c2cc(C(F)(F)F)ccc21. The summed E-state index contributed by atoms with van der Waals surface area (Å²) in [5.74, 6) is 0. The molecule has 22 heavy (non-hydrogen) atoms. The van der Waals surface area contributed by atoms with E-state index in [1.165, 1.54) is 11.6 Å². The highest BCUT2D eigenvalue weighted by Gasteiger charge is 2.31. The van der Waals surface area contributed by atoms with Gasteiger partial charge in [-0.2, -0.15) is 13.2 Å². The second-order valence-electron chi connectivity index (χ2n) is 5.39. The number of nitrogens with zero attached hydrogens (tertiary/aromatic N) is 2. The van der Waals surface area contributed by atoms with Gasteiger partial charge < -0.3 is 5.32 Å². The van der Waals surface area contributed by atoms with Crippen LogP contribution in [0, 0.1) is 0 Å². The van der Waals surface area contributed by atoms with Crippen molar-refractivity contribution < 1.29 is 13.2 Å². The second-order valence-corrected chi connectivity index (χ2v) is 5.39. The van der Waals surface area contributed by atoms with Crippen molar-refractivity contribution in [3.63, 3.8) is 0 Å². The van der Waals surface area contributed by atoms with Crippen LogP contribution in [0.4, 0.5) is 13.2 Å². The van der Waals surface area contributed by atoms with Crippen LogP contribution in [0.3, 0.4) is 0 Å². The minimum Gasteiger partial charge on any atom is -0.315 e. The molecule has 1 saturated heterocycles. The third-order valence-corrected chi connectivity index (χ3v) is 4.03. The molecule has 3 rings (SSSR count). The average molecular weight is 313 g/mol. The average Bonchev–Trinajstić information content (AvgIpc) is 2.97. The van der Waals surface area contributed by atoms with Crippen molar-refractivity contribution in [3.05, 3.63) is 44.6 Å². The molecule has 1 atom stereocenters. The summed E-state index contributed by atoms with van der Waals surface area (Å²) in [6, 6.07) is 2.53. The number of nitrogens with one attached hydrogen (secondary N) is 1. The minimum atomic E-state index is -4.53. The summed E-state index contributed by atoms with van der Waals surface area (Å²) in [5, 5.41) is 2.95. The first kappa shape index (κ1) is 14.8. The van der Waals surface area contributed by atoms with E-state index in [1.54, 1.807) is 0 Å². The Labute approximate surface area is 123 Å². The molecule has 0 aliphatic carbocycles. The van der Waals surface area contributed by atoms with Gasteiger partial charge in [-0.3, -0.25) is 13.9 Å². The molecule has 1 unspecified atom stereocenters. The van der Waals surface area contributed by atoms with E-state index in [9.17, 15) is 22.8 Å². The first-order valence-electron chi connectivity index (χ1n) is 6.84. The van der Waals surface area contributed by atoms with E-state index in [0.717, 1.165) is 22.8 Å². The summed E-state index contributed by atoms with van der Waals surface area (Å²) in [6.07, 6.45) is -3.94. The monoisotopic (exact) mass is 313 g/mol. The van der Waals surface area contributed by atoms with Gasteiger partial charge in [0.2, 0.25) is 0 Å². The van der Waals surface area contributed by atoms with E-state index in [4.69, 9.17) is 0 Å². The molecule has 0 saturated carbocycles. The van der Waals surface area contributed by atoms with Crippen molar-refractivity contribution in [1.29, 1.82) is 0 Å². The molecular weight excluding hydrogens is 299 g/mol. The first-order valence-corrected chi connectivity index (χ1v) is 6.84. The lowest BCUT2D eigenvalue weighted by atomic mass is 10.1. The Morgan fingerprint density at radius 2 is 2.00 bits per heavy atom. The third kappa shape index (κ3) is 2.23. The Bertz CT molecular complexity index is 845. The van der Waals surface area contributed by atoms with Crippen LogP contribution in [0.2, 0.25) is 0 Å². The Hall–Kier alpha value is -2.09. The lowest BCUT2D eigenvalue weighted by Crippen LogP contribution is -2.42. The zero-order chi connectivity index (χ0) is 16.1. The zero-order valence-electron chi connectivity index (χ0n) is 11.8. The Morgan fingerprint density at radius 3 is 2.59 bits per heavy atom. The van der Waals surface area contributed by atoms with Crippen LogP contribution in [0.15, 0.2) is 27.8 Å². The number of rotatable bonds is 1. The van der Waals surface area contributed by atoms with Gasteiger partial charge in [0.05, 0.1) is 22.5 Å². The number of hydrogen-bond donors (Lipinski definition) is 1. The summed E-state index contributed by atoms with van der Waals surface area (Å²) in [4.78, 5) is 24.9. The summed E-state index contributed by atoms with van der Waals surface area (Å²) in [7, 11) is 1.45. The van der Waals surface area contributed by atoms with Gasteiger partial charge in [-0.1, -0.05) is 0 Å². The highest BCUT2D eigenvalue weighted by molar-refractivity contribution is 5.79. The van der Waals surface area contributed by atoms with E-state index in [-0.39, 0.29) is 16.9 Å². The molecule has 1 aromatic heterocycles. The summed E-state index contributed by atoms with van der Waals surface area (Å²) >= 11 is 0. The first-order chi connectivity index (χ1) is 10.3. The molecule has 0 amide bonds. The number of benzene rings is 1. The lowest BCUT2D eigenvalue weighted by molar-refractivity contribution is -0.137. The number of hydrogen-bond acceptors (Lipinski definition) is 3. The van der Waals surface area contributed by atoms with Crippen LogP contribution in [-0.4, -0.2) is 22.2 Å². The smallest absolute Gasteiger partial charge is 0.315 e. The van der Waals surface area contributed by atoms with Crippen molar-refractivity contribution in [2.24, 2.45) is 7.05 Å². The molecule has 8 heteroatoms. The van der Waals surface area contributed by atoms with Crippen molar-refractivity contribution in [1.82, 2.24) is 14.5 Å². The third-order valence-electron chi connectivity index (χ3n) is 4.03. The fourth-order valence-electron chi connectivity index (χ4n) is 2.84. The molecule has 118 valence electrons. The summed E-state index contributed by atoms with van der Waals surface area (Å²) in [5.41, 5.74) is -1.87. The number of alkyl halides is 3. The molecule has 1 aliphatic rings. The van der Waals surface area contributed by atoms with Crippen LogP contribution in [0.25, 0.3) is 10.9 Å². The van der Waals surface area contributed by atoms with Gasteiger partial charge >= 0.3 is 11.9 Å². The van der Waals surface area contributed by atoms with E-state index >= 15 is 0 Å². The number of halogens is 3. The largest absolute Gasteiger partial charge is 0.416 e. The van der Waals surface area contributed by atoms with Gasteiger partial charge in [-0.15, -0.1) is 0 Å². The van der Waals surface area contributed by atoms with Crippen LogP contribution in [0.5, 0.6) is 0 Å². The quantitative estimate of drug-likeness (QED) is 0.862. The zero-order valence-corrected chi connectivity index (χ0v) is 11.8. The van der Waals surface area contributed by atoms with Crippen LogP contribution < -0.4 is 16.6 Å². The Kier molecular flexibility index (Phi) is 3.36. The maximum absolute atomic E-state index is 12.8. The highest BCUT2D eigenvalue weighted by Crippen LogP contribution is 2.30. The van der Waals surface area contributed by atoms with Crippen LogP contribution >= 0.6 is 0 Å². The van der Waals surface area contributed by atoms with Crippen molar-refractivity contribution in [3.8, 4) is 0 Å². The molecule has 1 aliphatic heterocycles. The van der Waals surface area contributed by atoms with E-state index in [0.29, 0.717) is 19.5 Å². The molecule has 0 bridgehead atoms. The van der Waals surface area contributed by atoms with Crippen molar-refractivity contribution in [2.45, 2.75) is 18.6 Å². The fourth-order valence-corrected chi connectivity index (χ4v) is 2.84. The Morgan fingerprint density at radius 1 is 1.27 bits per heavy atom. The number of fused-ring (bicyclic) bond motifs is 1. The van der Waals surface area contributed by atoms with Crippen molar-refractivity contribution >= 4 is 10.9 Å². The van der Waals surface area contributed by atoms with Crippen LogP contribution in [-0.2, 0) is 13.2 Å². The highest BCUT2D eigenvalue weighted by atomic mass is 19.4. The molecule has 1 N–H and O–H groups in total. The van der Waals surface area contributed by atoms with Gasteiger partial charge in [0, 0.05) is 13.6 Å². The summed E-state index contributed by atoms with van der Waals surface area (Å²) in [6.45, 7) is 1.13. The standard InChI is InChI=1S/C14H14F3N3O2/c1-19-11-3-2-8(14(15,16)17)6-10(11)12(21)20(13(19)22)9-4-5-18-7-9/h2-3,6,9,18H,4-5,7H2,1H3. The van der Waals surface area contributed by atoms with Gasteiger partial charge in [-0.25, -0.2) is 4.79 Å². The topological polar surface area (TPSA) is 56.0 Å². The number of aromatic nitrogens is 2. The maximum atomic E-state index is 12.8. The van der Waals surface area contributed by atoms with E-state index in [2.05, 4.69) is 5.32 Å². The molecular formula is C14H14F3N3O2. The molecule has 0 spiro atoms. The van der Waals surface area contributed by atoms with Gasteiger partial charge in [0.25, 0.3) is 5.56 Å². The second kappa shape index (κ2) is 4.98. The predicted octanol–water partition coefficient (Wildman–Crippen LogP) is 1.25. The fraction of sp³-hybridized carbons (Fsp3) is 0.429. The predicted molar refractivity (Wildman–Crippen MR) is 75.0 cm³/mol. The normalized spacial score (nSPS) is 19.0. The molecule has 2 aromatic rings. The Balaban J connectivity index is 2.34. The maximum Gasteiger partial charge on any atom is 0.416 e. The van der Waals surface area contributed by atoms with Gasteiger partial charge in [0.15, 0.2) is 0 Å². The van der Waals surface area contributed by atoms with E-state index < -0.39 is 23.0 Å². The molecule has 1 aromatic carbocycles. The number of aryl methyl sites for hydroxylation is 1. The molecule has 2 heterocycles. The van der Waals surface area contributed by atoms with Crippen LogP contribution in [0.1, 0.15) is 18.0 Å². The van der Waals surface area contributed by atoms with Gasteiger partial charge in [0.1, 0.15) is 0 Å². The minimum absolute atomic E-state index is 0.0937. The van der Waals surface area contributed by atoms with Crippen molar-refractivity contribution in [2.75, 3.05) is 13.1 Å². The molecule has 1 fully saturated rings. The molecule has 5 nitrogen and oxygen atoms in total. The van der Waals surface area contributed by atoms with E-state index in [1.807, 2.05) is 0 Å². The molecule has 0 radical (unpaired) electrons. The lowest BCUT2D eigenvalue weighted by Gasteiger charge is -2.16.